The van der Waals surface area contributed by atoms with Gasteiger partial charge in [0.2, 0.25) is 0 Å². The number of hydrogen-bond acceptors (Lipinski definition) is 3. The topological polar surface area (TPSA) is 90.7 Å². The van der Waals surface area contributed by atoms with Crippen molar-refractivity contribution in [1.29, 1.82) is 5.26 Å². The highest BCUT2D eigenvalue weighted by Crippen LogP contribution is 2.32. The van der Waals surface area contributed by atoms with Crippen LogP contribution in [-0.2, 0) is 6.54 Å². The predicted molar refractivity (Wildman–Crippen MR) is 129 cm³/mol. The summed E-state index contributed by atoms with van der Waals surface area (Å²) < 4.78 is 2.13. The highest BCUT2D eigenvalue weighted by Gasteiger charge is 2.23. The van der Waals surface area contributed by atoms with Crippen molar-refractivity contribution in [3.8, 4) is 6.07 Å². The maximum Gasteiger partial charge on any atom is 0.254 e. The summed E-state index contributed by atoms with van der Waals surface area (Å²) >= 11 is 0. The lowest BCUT2D eigenvalue weighted by Crippen LogP contribution is -2.28. The second kappa shape index (κ2) is 8.79. The van der Waals surface area contributed by atoms with E-state index in [1.165, 1.54) is 0 Å². The molecule has 2 aromatic carbocycles. The van der Waals surface area contributed by atoms with Crippen LogP contribution in [0.3, 0.4) is 0 Å². The van der Waals surface area contributed by atoms with E-state index in [0.29, 0.717) is 16.7 Å². The third-order valence-electron chi connectivity index (χ3n) is 6.19. The Morgan fingerprint density at radius 2 is 1.88 bits per heavy atom. The van der Waals surface area contributed by atoms with Gasteiger partial charge >= 0.3 is 0 Å². The van der Waals surface area contributed by atoms with Crippen LogP contribution in [0.5, 0.6) is 0 Å². The van der Waals surface area contributed by atoms with Gasteiger partial charge in [-0.25, -0.2) is 0 Å². The molecular weight excluding hydrogens is 412 g/mol. The number of H-pyrrole nitrogens is 1. The summed E-state index contributed by atoms with van der Waals surface area (Å²) in [7, 11) is 0. The number of hydrogen-bond donors (Lipinski definition) is 2. The second-order valence-corrected chi connectivity index (χ2v) is 8.39. The number of rotatable bonds is 5. The number of nitriles is 1. The summed E-state index contributed by atoms with van der Waals surface area (Å²) in [5.74, 6) is -0.222. The first-order chi connectivity index (χ1) is 15.8. The van der Waals surface area contributed by atoms with Crippen molar-refractivity contribution in [3.63, 3.8) is 0 Å². The molecule has 6 heteroatoms. The number of benzene rings is 2. The lowest BCUT2D eigenvalue weighted by molar-refractivity contribution is 0.0951. The van der Waals surface area contributed by atoms with Gasteiger partial charge in [0.25, 0.3) is 11.5 Å². The van der Waals surface area contributed by atoms with E-state index in [1.54, 1.807) is 6.07 Å². The van der Waals surface area contributed by atoms with Crippen molar-refractivity contribution in [1.82, 2.24) is 14.9 Å². The SMILES string of the molecule is Cc1cc(C)c(CNC(=O)c2c(C)n([C@@H](C)c3cccc(C#N)c3)c3ccccc23)c(=O)[nH]1. The molecule has 166 valence electrons. The molecule has 4 aromatic rings. The van der Waals surface area contributed by atoms with Gasteiger partial charge < -0.3 is 14.9 Å². The van der Waals surface area contributed by atoms with Crippen LogP contribution in [0.4, 0.5) is 0 Å². The molecule has 6 nitrogen and oxygen atoms in total. The fourth-order valence-corrected chi connectivity index (χ4v) is 4.55. The lowest BCUT2D eigenvalue weighted by Gasteiger charge is -2.18. The van der Waals surface area contributed by atoms with Crippen molar-refractivity contribution in [2.24, 2.45) is 0 Å². The van der Waals surface area contributed by atoms with Crippen LogP contribution in [0.15, 0.2) is 59.4 Å². The Hall–Kier alpha value is -4.11. The molecule has 0 aliphatic heterocycles. The number of carbonyl (C=O) groups excluding carboxylic acids is 1. The van der Waals surface area contributed by atoms with Crippen LogP contribution in [0.2, 0.25) is 0 Å². The van der Waals surface area contributed by atoms with E-state index in [4.69, 9.17) is 0 Å². The van der Waals surface area contributed by atoms with Crippen molar-refractivity contribution in [2.45, 2.75) is 40.3 Å². The van der Waals surface area contributed by atoms with Crippen molar-refractivity contribution < 1.29 is 4.79 Å². The Morgan fingerprint density at radius 1 is 1.12 bits per heavy atom. The maximum absolute atomic E-state index is 13.3. The monoisotopic (exact) mass is 438 g/mol. The van der Waals surface area contributed by atoms with E-state index in [-0.39, 0.29) is 24.1 Å². The minimum absolute atomic E-state index is 0.0769. The molecule has 0 bridgehead atoms. The zero-order chi connectivity index (χ0) is 23.7. The second-order valence-electron chi connectivity index (χ2n) is 8.39. The Kier molecular flexibility index (Phi) is 5.89. The summed E-state index contributed by atoms with van der Waals surface area (Å²) in [5.41, 5.74) is 5.97. The van der Waals surface area contributed by atoms with Crippen LogP contribution in [0.1, 0.15) is 57.0 Å². The average Bonchev–Trinajstić information content (AvgIpc) is 3.09. The van der Waals surface area contributed by atoms with Crippen LogP contribution in [0.25, 0.3) is 10.9 Å². The summed E-state index contributed by atoms with van der Waals surface area (Å²) in [6, 6.07) is 19.4. The predicted octanol–water partition coefficient (Wildman–Crippen LogP) is 4.67. The lowest BCUT2D eigenvalue weighted by atomic mass is 10.1. The zero-order valence-electron chi connectivity index (χ0n) is 19.2. The quantitative estimate of drug-likeness (QED) is 0.475. The van der Waals surface area contributed by atoms with Gasteiger partial charge in [-0.2, -0.15) is 5.26 Å². The molecule has 0 aliphatic carbocycles. The van der Waals surface area contributed by atoms with Crippen molar-refractivity contribution in [3.05, 3.63) is 104 Å². The molecule has 2 heterocycles. The molecule has 33 heavy (non-hydrogen) atoms. The first-order valence-corrected chi connectivity index (χ1v) is 10.9. The van der Waals surface area contributed by atoms with Gasteiger partial charge in [-0.1, -0.05) is 30.3 Å². The number of fused-ring (bicyclic) bond motifs is 1. The third-order valence-corrected chi connectivity index (χ3v) is 6.19. The number of amides is 1. The Labute approximate surface area is 192 Å². The van der Waals surface area contributed by atoms with Gasteiger partial charge in [-0.3, -0.25) is 9.59 Å². The molecule has 0 radical (unpaired) electrons. The summed E-state index contributed by atoms with van der Waals surface area (Å²) in [6.45, 7) is 7.86. The van der Waals surface area contributed by atoms with Gasteiger partial charge in [0.1, 0.15) is 0 Å². The van der Waals surface area contributed by atoms with Gasteiger partial charge in [0.05, 0.1) is 23.2 Å². The average molecular weight is 439 g/mol. The fraction of sp³-hybridized carbons (Fsp3) is 0.222. The van der Waals surface area contributed by atoms with E-state index in [9.17, 15) is 14.9 Å². The fourth-order valence-electron chi connectivity index (χ4n) is 4.55. The number of nitrogens with zero attached hydrogens (tertiary/aromatic N) is 2. The van der Waals surface area contributed by atoms with E-state index in [0.717, 1.165) is 33.4 Å². The number of para-hydroxylation sites is 1. The van der Waals surface area contributed by atoms with E-state index >= 15 is 0 Å². The van der Waals surface area contributed by atoms with Crippen molar-refractivity contribution >= 4 is 16.8 Å². The smallest absolute Gasteiger partial charge is 0.254 e. The summed E-state index contributed by atoms with van der Waals surface area (Å²) in [4.78, 5) is 28.5. The molecule has 1 amide bonds. The van der Waals surface area contributed by atoms with Crippen molar-refractivity contribution in [2.75, 3.05) is 0 Å². The first-order valence-electron chi connectivity index (χ1n) is 10.9. The zero-order valence-corrected chi connectivity index (χ0v) is 19.2. The largest absolute Gasteiger partial charge is 0.348 e. The molecule has 4 rings (SSSR count). The number of aromatic amines is 1. The Bertz CT molecular complexity index is 1470. The Morgan fingerprint density at radius 3 is 2.61 bits per heavy atom. The van der Waals surface area contributed by atoms with Gasteiger partial charge in [-0.05, 0) is 63.1 Å². The molecule has 0 fully saturated rings. The molecule has 0 spiro atoms. The Balaban J connectivity index is 1.73. The number of aromatic nitrogens is 2. The van der Waals surface area contributed by atoms with Gasteiger partial charge in [0.15, 0.2) is 0 Å². The molecule has 0 saturated carbocycles. The normalized spacial score (nSPS) is 11.8. The van der Waals surface area contributed by atoms with E-state index in [2.05, 4.69) is 27.9 Å². The minimum Gasteiger partial charge on any atom is -0.348 e. The maximum atomic E-state index is 13.3. The number of aryl methyl sites for hydroxylation is 2. The van der Waals surface area contributed by atoms with Gasteiger partial charge in [0, 0.05) is 34.4 Å². The summed E-state index contributed by atoms with van der Waals surface area (Å²) in [5, 5.41) is 13.1. The number of pyridine rings is 1. The summed E-state index contributed by atoms with van der Waals surface area (Å²) in [6.07, 6.45) is 0. The highest BCUT2D eigenvalue weighted by molar-refractivity contribution is 6.08. The van der Waals surface area contributed by atoms with E-state index < -0.39 is 0 Å². The molecule has 0 saturated heterocycles. The number of nitrogens with one attached hydrogen (secondary N) is 2. The third kappa shape index (κ3) is 4.06. The molecule has 1 atom stereocenters. The van der Waals surface area contributed by atoms with Crippen LogP contribution in [0, 0.1) is 32.1 Å². The molecule has 0 unspecified atom stereocenters. The standard InChI is InChI=1S/C27H26N4O2/c1-16-12-17(2)30-26(32)23(16)15-29-27(33)25-19(4)31(24-11-6-5-10-22(24)25)18(3)21-9-7-8-20(13-21)14-28/h5-13,18H,15H2,1-4H3,(H,29,33)(H,30,32)/t18-/m0/s1. The molecular formula is C27H26N4O2. The molecule has 2 N–H and O–H groups in total. The van der Waals surface area contributed by atoms with Gasteiger partial charge in [-0.15, -0.1) is 0 Å². The van der Waals surface area contributed by atoms with Crippen LogP contribution in [-0.4, -0.2) is 15.5 Å². The van der Waals surface area contributed by atoms with E-state index in [1.807, 2.05) is 69.3 Å². The van der Waals surface area contributed by atoms with Crippen LogP contribution < -0.4 is 10.9 Å². The first kappa shape index (κ1) is 22.1. The van der Waals surface area contributed by atoms with Crippen LogP contribution >= 0.6 is 0 Å². The highest BCUT2D eigenvalue weighted by atomic mass is 16.2. The minimum atomic E-state index is -0.222. The molecule has 2 aromatic heterocycles. The molecule has 0 aliphatic rings. The number of carbonyl (C=O) groups is 1.